The maximum atomic E-state index is 3.63. The van der Waals surface area contributed by atoms with Crippen molar-refractivity contribution in [3.05, 3.63) is 35.4 Å². The highest BCUT2D eigenvalue weighted by Gasteiger charge is 2.14. The lowest BCUT2D eigenvalue weighted by molar-refractivity contribution is 0.281. The molecule has 0 bridgehead atoms. The van der Waals surface area contributed by atoms with Gasteiger partial charge in [-0.25, -0.2) is 0 Å². The molecule has 1 heterocycles. The molecule has 0 radical (unpaired) electrons. The van der Waals surface area contributed by atoms with Gasteiger partial charge >= 0.3 is 0 Å². The third kappa shape index (κ3) is 4.32. The summed E-state index contributed by atoms with van der Waals surface area (Å²) in [6, 6.07) is 9.87. The number of hydrogen-bond acceptors (Lipinski definition) is 2. The van der Waals surface area contributed by atoms with Crippen molar-refractivity contribution >= 4 is 0 Å². The van der Waals surface area contributed by atoms with Gasteiger partial charge in [0, 0.05) is 32.2 Å². The number of hydrogen-bond donors (Lipinski definition) is 1. The van der Waals surface area contributed by atoms with Gasteiger partial charge in [0.2, 0.25) is 0 Å². The lowest BCUT2D eigenvalue weighted by Gasteiger charge is -2.20. The molecular formula is C17H28N2. The normalized spacial score (nSPS) is 21.6. The Labute approximate surface area is 118 Å². The van der Waals surface area contributed by atoms with Crippen molar-refractivity contribution in [2.24, 2.45) is 0 Å². The van der Waals surface area contributed by atoms with Gasteiger partial charge in [-0.3, -0.25) is 4.90 Å². The quantitative estimate of drug-likeness (QED) is 0.893. The summed E-state index contributed by atoms with van der Waals surface area (Å²) in [5, 5.41) is 3.63. The van der Waals surface area contributed by atoms with Gasteiger partial charge in [-0.15, -0.1) is 0 Å². The first-order valence-corrected chi connectivity index (χ1v) is 7.73. The summed E-state index contributed by atoms with van der Waals surface area (Å²) in [5.41, 5.74) is 2.88. The van der Waals surface area contributed by atoms with E-state index in [1.54, 1.807) is 0 Å². The van der Waals surface area contributed by atoms with Crippen molar-refractivity contribution in [2.75, 3.05) is 19.6 Å². The molecule has 1 atom stereocenters. The standard InChI is InChI=1S/C17H28N2/c1-4-17-9-11-19(12-10-18-17)13-15-5-7-16(8-6-15)14(2)3/h5-8,14,17-18H,4,9-13H2,1-3H3. The molecule has 1 unspecified atom stereocenters. The summed E-state index contributed by atoms with van der Waals surface area (Å²) in [7, 11) is 0. The number of rotatable bonds is 4. The third-order valence-electron chi connectivity index (χ3n) is 4.20. The predicted octanol–water partition coefficient (Wildman–Crippen LogP) is 3.38. The van der Waals surface area contributed by atoms with Crippen LogP contribution in [0.2, 0.25) is 0 Å². The molecule has 0 amide bonds. The Bertz CT molecular complexity index is 369. The molecule has 2 rings (SSSR count). The molecule has 1 aliphatic rings. The van der Waals surface area contributed by atoms with E-state index in [1.165, 1.54) is 37.1 Å². The molecule has 0 spiro atoms. The Balaban J connectivity index is 1.90. The molecule has 2 heteroatoms. The minimum Gasteiger partial charge on any atom is -0.313 e. The van der Waals surface area contributed by atoms with Crippen LogP contribution < -0.4 is 5.32 Å². The lowest BCUT2D eigenvalue weighted by Crippen LogP contribution is -2.29. The van der Waals surface area contributed by atoms with Crippen LogP contribution in [0.15, 0.2) is 24.3 Å². The largest absolute Gasteiger partial charge is 0.313 e. The van der Waals surface area contributed by atoms with Gasteiger partial charge in [-0.1, -0.05) is 45.0 Å². The monoisotopic (exact) mass is 260 g/mol. The van der Waals surface area contributed by atoms with Crippen LogP contribution in [-0.4, -0.2) is 30.6 Å². The first kappa shape index (κ1) is 14.5. The topological polar surface area (TPSA) is 15.3 Å². The summed E-state index contributed by atoms with van der Waals surface area (Å²) in [6.07, 6.45) is 2.53. The van der Waals surface area contributed by atoms with Crippen molar-refractivity contribution in [3.63, 3.8) is 0 Å². The zero-order valence-electron chi connectivity index (χ0n) is 12.7. The van der Waals surface area contributed by atoms with Crippen molar-refractivity contribution in [2.45, 2.75) is 52.1 Å². The zero-order valence-corrected chi connectivity index (χ0v) is 12.7. The van der Waals surface area contributed by atoms with E-state index in [2.05, 4.69) is 55.3 Å². The van der Waals surface area contributed by atoms with Gasteiger partial charge in [0.05, 0.1) is 0 Å². The molecule has 2 nitrogen and oxygen atoms in total. The van der Waals surface area contributed by atoms with E-state index in [1.807, 2.05) is 0 Å². The van der Waals surface area contributed by atoms with Gasteiger partial charge in [0.1, 0.15) is 0 Å². The summed E-state index contributed by atoms with van der Waals surface area (Å²) in [4.78, 5) is 2.58. The molecular weight excluding hydrogens is 232 g/mol. The SMILES string of the molecule is CCC1CCN(Cc2ccc(C(C)C)cc2)CCN1. The van der Waals surface area contributed by atoms with E-state index in [0.29, 0.717) is 12.0 Å². The van der Waals surface area contributed by atoms with Gasteiger partial charge < -0.3 is 5.32 Å². The molecule has 1 saturated heterocycles. The van der Waals surface area contributed by atoms with Crippen molar-refractivity contribution in [1.29, 1.82) is 0 Å². The van der Waals surface area contributed by atoms with Crippen LogP contribution in [0.3, 0.4) is 0 Å². The van der Waals surface area contributed by atoms with Crippen molar-refractivity contribution in [3.8, 4) is 0 Å². The second kappa shape index (κ2) is 7.06. The van der Waals surface area contributed by atoms with E-state index in [0.717, 1.165) is 13.1 Å². The average Bonchev–Trinajstić information content (AvgIpc) is 2.64. The van der Waals surface area contributed by atoms with Crippen LogP contribution in [0.4, 0.5) is 0 Å². The lowest BCUT2D eigenvalue weighted by atomic mass is 10.0. The fourth-order valence-electron chi connectivity index (χ4n) is 2.75. The number of nitrogens with one attached hydrogen (secondary N) is 1. The summed E-state index contributed by atoms with van der Waals surface area (Å²) in [6.45, 7) is 11.4. The Hall–Kier alpha value is -0.860. The zero-order chi connectivity index (χ0) is 13.7. The summed E-state index contributed by atoms with van der Waals surface area (Å²) >= 11 is 0. The Morgan fingerprint density at radius 3 is 2.58 bits per heavy atom. The van der Waals surface area contributed by atoms with Gasteiger partial charge in [0.15, 0.2) is 0 Å². The van der Waals surface area contributed by atoms with Gasteiger partial charge in [0.25, 0.3) is 0 Å². The molecule has 1 aromatic rings. The molecule has 1 N–H and O–H groups in total. The third-order valence-corrected chi connectivity index (χ3v) is 4.20. The maximum absolute atomic E-state index is 3.63. The highest BCUT2D eigenvalue weighted by Crippen LogP contribution is 2.16. The Morgan fingerprint density at radius 2 is 1.95 bits per heavy atom. The molecule has 1 aliphatic heterocycles. The van der Waals surface area contributed by atoms with Crippen LogP contribution >= 0.6 is 0 Å². The number of nitrogens with zero attached hydrogens (tertiary/aromatic N) is 1. The maximum Gasteiger partial charge on any atom is 0.0234 e. The molecule has 0 aliphatic carbocycles. The molecule has 1 fully saturated rings. The molecule has 1 aromatic carbocycles. The summed E-state index contributed by atoms with van der Waals surface area (Å²) in [5.74, 6) is 0.627. The van der Waals surface area contributed by atoms with Crippen LogP contribution in [0.25, 0.3) is 0 Å². The second-order valence-electron chi connectivity index (χ2n) is 6.02. The van der Waals surface area contributed by atoms with E-state index in [4.69, 9.17) is 0 Å². The van der Waals surface area contributed by atoms with Crippen LogP contribution in [-0.2, 0) is 6.54 Å². The van der Waals surface area contributed by atoms with Crippen LogP contribution in [0, 0.1) is 0 Å². The van der Waals surface area contributed by atoms with Gasteiger partial charge in [-0.05, 0) is 29.9 Å². The smallest absolute Gasteiger partial charge is 0.0234 e. The van der Waals surface area contributed by atoms with E-state index in [9.17, 15) is 0 Å². The minimum atomic E-state index is 0.627. The van der Waals surface area contributed by atoms with Crippen LogP contribution in [0.5, 0.6) is 0 Å². The molecule has 106 valence electrons. The first-order chi connectivity index (χ1) is 9.19. The van der Waals surface area contributed by atoms with E-state index < -0.39 is 0 Å². The predicted molar refractivity (Wildman–Crippen MR) is 82.5 cm³/mol. The molecule has 19 heavy (non-hydrogen) atoms. The Kier molecular flexibility index (Phi) is 5.41. The van der Waals surface area contributed by atoms with Crippen LogP contribution in [0.1, 0.15) is 50.7 Å². The first-order valence-electron chi connectivity index (χ1n) is 7.73. The van der Waals surface area contributed by atoms with Gasteiger partial charge in [-0.2, -0.15) is 0 Å². The summed E-state index contributed by atoms with van der Waals surface area (Å²) < 4.78 is 0. The van der Waals surface area contributed by atoms with E-state index in [-0.39, 0.29) is 0 Å². The van der Waals surface area contributed by atoms with Crippen molar-refractivity contribution < 1.29 is 0 Å². The highest BCUT2D eigenvalue weighted by molar-refractivity contribution is 5.24. The minimum absolute atomic E-state index is 0.627. The molecule has 0 aromatic heterocycles. The average molecular weight is 260 g/mol. The van der Waals surface area contributed by atoms with Crippen molar-refractivity contribution in [1.82, 2.24) is 10.2 Å². The van der Waals surface area contributed by atoms with E-state index >= 15 is 0 Å². The second-order valence-corrected chi connectivity index (χ2v) is 6.02. The number of benzene rings is 1. The molecule has 0 saturated carbocycles. The highest BCUT2D eigenvalue weighted by atomic mass is 15.2. The Morgan fingerprint density at radius 1 is 1.21 bits per heavy atom. The fourth-order valence-corrected chi connectivity index (χ4v) is 2.75. The fraction of sp³-hybridized carbons (Fsp3) is 0.647.